The summed E-state index contributed by atoms with van der Waals surface area (Å²) in [5.41, 5.74) is 16.9. The minimum atomic E-state index is -1.19. The number of aromatic nitrogens is 5. The lowest BCUT2D eigenvalue weighted by Crippen LogP contribution is -2.33. The summed E-state index contributed by atoms with van der Waals surface area (Å²) in [5, 5.41) is 17.0. The van der Waals surface area contributed by atoms with Crippen LogP contribution in [0, 0.1) is 0 Å². The maximum atomic E-state index is 12.3. The first-order valence-corrected chi connectivity index (χ1v) is 29.0. The van der Waals surface area contributed by atoms with Gasteiger partial charge in [-0.2, -0.15) is 0 Å². The molecule has 0 saturated carbocycles. The molecule has 0 amide bonds. The maximum Gasteiger partial charge on any atom is 0.355 e. The van der Waals surface area contributed by atoms with Crippen molar-refractivity contribution in [1.29, 1.82) is 0 Å². The normalized spacial score (nSPS) is 12.2. The summed E-state index contributed by atoms with van der Waals surface area (Å²) in [6.07, 6.45) is 7.32. The van der Waals surface area contributed by atoms with E-state index in [2.05, 4.69) is 46.3 Å². The Hall–Kier alpha value is -10.2. The summed E-state index contributed by atoms with van der Waals surface area (Å²) < 4.78 is 60.9. The molecule has 7 N–H and O–H groups in total. The number of carboxylic acids is 2. The topological polar surface area (TPSA) is 438 Å². The van der Waals surface area contributed by atoms with Crippen LogP contribution < -0.4 is 11.5 Å². The van der Waals surface area contributed by atoms with Gasteiger partial charge in [-0.15, -0.1) is 0 Å². The van der Waals surface area contributed by atoms with Crippen molar-refractivity contribution in [3.8, 4) is 0 Å². The molecule has 0 fully saturated rings. The molecule has 34 heteroatoms. The van der Waals surface area contributed by atoms with Gasteiger partial charge in [-0.3, -0.25) is 51.7 Å². The number of fused-ring (bicyclic) bond motifs is 5. The number of rotatable bonds is 17. The number of furan rings is 5. The number of carbonyl (C=O) groups excluding carboxylic acids is 8. The van der Waals surface area contributed by atoms with Crippen molar-refractivity contribution >= 4 is 142 Å². The Morgan fingerprint density at radius 1 is 0.446 bits per heavy atom. The lowest BCUT2D eigenvalue weighted by molar-refractivity contribution is -0.137. The first-order chi connectivity index (χ1) is 43.8. The molecule has 0 bridgehead atoms. The average Bonchev–Trinajstić information content (AvgIpc) is 1.69. The highest BCUT2D eigenvalue weighted by atomic mass is 31.0. The van der Waals surface area contributed by atoms with Gasteiger partial charge in [0, 0.05) is 60.7 Å². The Balaban J connectivity index is 0.000000204. The van der Waals surface area contributed by atoms with E-state index in [0.29, 0.717) is 62.3 Å². The van der Waals surface area contributed by atoms with Gasteiger partial charge in [0.15, 0.2) is 27.9 Å². The largest absolute Gasteiger partial charge is 0.480 e. The number of esters is 4. The number of nitrogens with two attached hydrogens (primary N) is 2. The van der Waals surface area contributed by atoms with Crippen LogP contribution in [0.2, 0.25) is 0 Å². The van der Waals surface area contributed by atoms with Crippen molar-refractivity contribution in [2.75, 3.05) is 26.4 Å². The Morgan fingerprint density at radius 3 is 1.02 bits per heavy atom. The second-order valence-electron chi connectivity index (χ2n) is 18.9. The van der Waals surface area contributed by atoms with Crippen LogP contribution in [0.25, 0.3) is 55.5 Å². The van der Waals surface area contributed by atoms with Crippen LogP contribution in [0.1, 0.15) is 134 Å². The van der Waals surface area contributed by atoms with Gasteiger partial charge in [-0.05, 0) is 89.4 Å². The summed E-state index contributed by atoms with van der Waals surface area (Å²) in [6.45, 7) is 15.7. The molecule has 5 atom stereocenters. The molecular weight excluding hydrogens is 1270 g/mol. The van der Waals surface area contributed by atoms with E-state index in [1.165, 1.54) is 82.9 Å². The summed E-state index contributed by atoms with van der Waals surface area (Å²) in [4.78, 5) is 119. The smallest absolute Gasteiger partial charge is 0.355 e. The van der Waals surface area contributed by atoms with Crippen molar-refractivity contribution in [1.82, 2.24) is 23.3 Å². The van der Waals surface area contributed by atoms with Crippen molar-refractivity contribution < 1.29 is 99.2 Å². The zero-order valence-electron chi connectivity index (χ0n) is 50.8. The van der Waals surface area contributed by atoms with Crippen molar-refractivity contribution in [2.24, 2.45) is 25.7 Å². The Labute approximate surface area is 527 Å². The van der Waals surface area contributed by atoms with Crippen molar-refractivity contribution in [3.63, 3.8) is 0 Å². The molecule has 31 nitrogen and oxygen atoms in total. The third-order valence-electron chi connectivity index (χ3n) is 12.4. The number of carboxylic acid groups (broad SMARTS) is 2. The average molecular weight is 1330 g/mol. The summed E-state index contributed by atoms with van der Waals surface area (Å²) >= 11 is 0. The van der Waals surface area contributed by atoms with Crippen LogP contribution in [-0.4, -0.2) is 150 Å². The number of nitrogens with one attached hydrogen (secondary N) is 1. The fraction of sp³-hybridized carbons (Fsp3) is 0.310. The molecule has 10 heterocycles. The predicted molar refractivity (Wildman–Crippen MR) is 336 cm³/mol. The molecule has 92 heavy (non-hydrogen) atoms. The molecule has 0 aromatic carbocycles. The summed E-state index contributed by atoms with van der Waals surface area (Å²) in [7, 11) is 8.60. The zero-order chi connectivity index (χ0) is 68.3. The molecule has 5 unspecified atom stereocenters. The summed E-state index contributed by atoms with van der Waals surface area (Å²) in [5.74, 6) is -5.71. The standard InChI is InChI=1S/2C12H13N2O4P.C12H14N2O4.C10H10N2O4.C9H9NO3.C3H6NO2P/c2*1-3-17-12(16)9-6-10-8(4-5-18-10)14(9)11(15)7(2)13-19;1-3-17-12(16)9-6-10-8(4-5-18-10)14(9)11(15)7(2)13;1-5(11)9(13)12-6-2-3-16-8(6)4-7(12)10(14)15;1-2-12-9(11)7-5-8-6(10-7)3-4-13-8;1-2(4-7)3(5)6/h2*4-7,19H,3H2,1-2H3;4-7H,3,13H2,1-2H3;2-5H,11H2,1H3,(H,14,15);3-5,10H,2H2,1H3;2,7H,1H3,(H,5,6). The van der Waals surface area contributed by atoms with Gasteiger partial charge >= 0.3 is 35.8 Å². The minimum absolute atomic E-state index is 0.133. The van der Waals surface area contributed by atoms with E-state index in [1.54, 1.807) is 85.1 Å². The molecule has 0 aliphatic heterocycles. The molecular formula is C58H65N10O21P3. The number of aliphatic carboxylic acids is 1. The fourth-order valence-corrected chi connectivity index (χ4v) is 8.32. The van der Waals surface area contributed by atoms with E-state index in [9.17, 15) is 47.9 Å². The summed E-state index contributed by atoms with van der Waals surface area (Å²) in [6, 6.07) is 12.1. The molecule has 10 rings (SSSR count). The van der Waals surface area contributed by atoms with E-state index in [1.807, 2.05) is 0 Å². The fourth-order valence-electron chi connectivity index (χ4n) is 7.99. The van der Waals surface area contributed by atoms with E-state index in [-0.39, 0.29) is 66.3 Å². The first kappa shape index (κ1) is 72.6. The van der Waals surface area contributed by atoms with Crippen LogP contribution in [0.3, 0.4) is 0 Å². The molecule has 0 radical (unpaired) electrons. The third-order valence-corrected chi connectivity index (χ3v) is 13.6. The number of carbonyl (C=O) groups is 10. The lowest BCUT2D eigenvalue weighted by atomic mass is 10.3. The lowest BCUT2D eigenvalue weighted by Gasteiger charge is -2.10. The van der Waals surface area contributed by atoms with Gasteiger partial charge in [0.1, 0.15) is 46.6 Å². The van der Waals surface area contributed by atoms with E-state index < -0.39 is 66.0 Å². The van der Waals surface area contributed by atoms with E-state index >= 15 is 0 Å². The van der Waals surface area contributed by atoms with Crippen molar-refractivity contribution in [2.45, 2.75) is 92.5 Å². The number of hydrogen-bond donors (Lipinski definition) is 5. The second kappa shape index (κ2) is 33.6. The minimum Gasteiger partial charge on any atom is -0.480 e. The van der Waals surface area contributed by atoms with E-state index in [4.69, 9.17) is 62.7 Å². The Bertz CT molecular complexity index is 4170. The molecule has 10 aromatic rings. The van der Waals surface area contributed by atoms with Crippen LogP contribution in [0.15, 0.2) is 128 Å². The van der Waals surface area contributed by atoms with Gasteiger partial charge in [0.2, 0.25) is 11.8 Å². The number of H-pyrrole nitrogens is 1. The van der Waals surface area contributed by atoms with Gasteiger partial charge in [0.25, 0.3) is 11.8 Å². The SMILES string of the molecule is CC(N)C(=O)n1c(C(=O)O)cc2occc21.CC(N=P)C(=O)O.CCOC(=O)c1cc2occc2[nH]1.CCOC(=O)c1cc2occc2n1C(=O)C(C)N.CCOC(=O)c1cc2occc2n1C(=O)C(C)N=P.CCOC(=O)c1cc2occc2n1C(=O)C(C)N=P. The van der Waals surface area contributed by atoms with E-state index in [0.717, 1.165) is 10.1 Å². The molecule has 0 spiro atoms. The quantitative estimate of drug-likeness (QED) is 0.0321. The monoisotopic (exact) mass is 1330 g/mol. The number of nitrogens with zero attached hydrogens (tertiary/aromatic N) is 7. The highest BCUT2D eigenvalue weighted by Gasteiger charge is 2.29. The number of aromatic amines is 1. The zero-order valence-corrected chi connectivity index (χ0v) is 53.8. The molecule has 0 saturated heterocycles. The van der Waals surface area contributed by atoms with Crippen LogP contribution in [0.5, 0.6) is 0 Å². The van der Waals surface area contributed by atoms with Gasteiger partial charge < -0.3 is 67.7 Å². The Morgan fingerprint density at radius 2 is 0.739 bits per heavy atom. The highest BCUT2D eigenvalue weighted by Crippen LogP contribution is 2.27. The number of ether oxygens (including phenoxy) is 4. The van der Waals surface area contributed by atoms with Crippen LogP contribution in [0.4, 0.5) is 0 Å². The maximum absolute atomic E-state index is 12.3. The number of aromatic carboxylic acids is 1. The van der Waals surface area contributed by atoms with Gasteiger partial charge in [0.05, 0.1) is 97.4 Å². The van der Waals surface area contributed by atoms with Gasteiger partial charge in [-0.25, -0.2) is 28.8 Å². The van der Waals surface area contributed by atoms with Crippen LogP contribution >= 0.6 is 27.1 Å². The molecule has 0 aliphatic carbocycles. The second-order valence-corrected chi connectivity index (χ2v) is 19.7. The molecule has 0 aliphatic rings. The third kappa shape index (κ3) is 17.2. The van der Waals surface area contributed by atoms with Crippen molar-refractivity contribution in [3.05, 3.63) is 120 Å². The highest BCUT2D eigenvalue weighted by molar-refractivity contribution is 7.04. The first-order valence-electron chi connectivity index (χ1n) is 27.6. The van der Waals surface area contributed by atoms with Crippen LogP contribution in [-0.2, 0) is 23.7 Å². The molecule has 488 valence electrons. The molecule has 10 aromatic heterocycles. The number of hydrogen-bond acceptors (Lipinski definition) is 24. The predicted octanol–water partition coefficient (Wildman–Crippen LogP) is 10.6. The van der Waals surface area contributed by atoms with Gasteiger partial charge in [-0.1, -0.05) is 0 Å². The Kier molecular flexibility index (Phi) is 26.5.